The molecular weight excluding hydrogens is 280 g/mol. The van der Waals surface area contributed by atoms with Crippen LogP contribution in [-0.2, 0) is 4.74 Å². The van der Waals surface area contributed by atoms with Crippen LogP contribution in [0.5, 0.6) is 0 Å². The van der Waals surface area contributed by atoms with Gasteiger partial charge in [0.15, 0.2) is 6.29 Å². The number of hydrogen-bond acceptors (Lipinski definition) is 6. The van der Waals surface area contributed by atoms with Crippen molar-refractivity contribution in [2.75, 3.05) is 11.9 Å². The molecule has 8 heteroatoms. The van der Waals surface area contributed by atoms with Gasteiger partial charge in [-0.1, -0.05) is 18.2 Å². The summed E-state index contributed by atoms with van der Waals surface area (Å²) in [5.74, 6) is 0. The van der Waals surface area contributed by atoms with E-state index in [1.807, 2.05) is 0 Å². The zero-order valence-electron chi connectivity index (χ0n) is 11.1. The number of aliphatic hydroxyl groups is 4. The highest BCUT2D eigenvalue weighted by molar-refractivity contribution is 5.89. The second-order valence-corrected chi connectivity index (χ2v) is 4.72. The predicted molar refractivity (Wildman–Crippen MR) is 72.4 cm³/mol. The van der Waals surface area contributed by atoms with Crippen LogP contribution in [0, 0.1) is 0 Å². The lowest BCUT2D eigenvalue weighted by Gasteiger charge is -2.40. The standard InChI is InChI=1S/C13H18N2O6/c16-6-8-10(17)11(18)9(12(19)21-8)15-13(20)14-7-4-2-1-3-5-7/h1-5,8-12,16-19H,6H2,(H2,14,15,20)/t8-,9-,10+,11-,12+/m1/s1. The van der Waals surface area contributed by atoms with Crippen molar-refractivity contribution < 1.29 is 30.0 Å². The van der Waals surface area contributed by atoms with Gasteiger partial charge in [-0.2, -0.15) is 0 Å². The predicted octanol–water partition coefficient (Wildman–Crippen LogP) is -1.39. The fourth-order valence-corrected chi connectivity index (χ4v) is 2.09. The Bertz CT molecular complexity index is 471. The van der Waals surface area contributed by atoms with Crippen LogP contribution < -0.4 is 10.6 Å². The third-order valence-corrected chi connectivity index (χ3v) is 3.23. The lowest BCUT2D eigenvalue weighted by Crippen LogP contribution is -2.64. The second kappa shape index (κ2) is 6.83. The zero-order chi connectivity index (χ0) is 15.4. The molecule has 8 nitrogen and oxygen atoms in total. The SMILES string of the molecule is O=C(Nc1ccccc1)N[C@@H]1[C@@H](O)[C@@H](O)[C@@H](CO)O[C@@H]1O. The van der Waals surface area contributed by atoms with Crippen LogP contribution in [0.15, 0.2) is 30.3 Å². The van der Waals surface area contributed by atoms with E-state index in [4.69, 9.17) is 9.84 Å². The number of amides is 2. The van der Waals surface area contributed by atoms with Crippen LogP contribution in [0.3, 0.4) is 0 Å². The lowest BCUT2D eigenvalue weighted by molar-refractivity contribution is -0.252. The van der Waals surface area contributed by atoms with Gasteiger partial charge >= 0.3 is 6.03 Å². The summed E-state index contributed by atoms with van der Waals surface area (Å²) in [7, 11) is 0. The summed E-state index contributed by atoms with van der Waals surface area (Å²) in [6, 6.07) is 6.71. The molecule has 1 aliphatic heterocycles. The summed E-state index contributed by atoms with van der Waals surface area (Å²) in [5, 5.41) is 43.1. The highest BCUT2D eigenvalue weighted by atomic mass is 16.6. The van der Waals surface area contributed by atoms with E-state index in [1.165, 1.54) is 0 Å². The number of nitrogens with one attached hydrogen (secondary N) is 2. The maximum absolute atomic E-state index is 11.8. The van der Waals surface area contributed by atoms with Crippen molar-refractivity contribution in [1.29, 1.82) is 0 Å². The smallest absolute Gasteiger partial charge is 0.319 e. The Morgan fingerprint density at radius 2 is 1.81 bits per heavy atom. The largest absolute Gasteiger partial charge is 0.394 e. The number of hydrogen-bond donors (Lipinski definition) is 6. The number of urea groups is 1. The molecule has 0 unspecified atom stereocenters. The molecular formula is C13H18N2O6. The van der Waals surface area contributed by atoms with Gasteiger partial charge in [-0.05, 0) is 12.1 Å². The van der Waals surface area contributed by atoms with E-state index in [1.54, 1.807) is 30.3 Å². The molecule has 0 spiro atoms. The molecule has 1 aromatic carbocycles. The number of para-hydroxylation sites is 1. The van der Waals surface area contributed by atoms with E-state index >= 15 is 0 Å². The molecule has 1 fully saturated rings. The van der Waals surface area contributed by atoms with E-state index < -0.39 is 43.3 Å². The monoisotopic (exact) mass is 298 g/mol. The molecule has 1 heterocycles. The molecule has 1 aromatic rings. The Hall–Kier alpha value is -1.71. The van der Waals surface area contributed by atoms with Crippen molar-refractivity contribution in [3.63, 3.8) is 0 Å². The van der Waals surface area contributed by atoms with Gasteiger partial charge in [0.05, 0.1) is 6.61 Å². The van der Waals surface area contributed by atoms with Gasteiger partial charge in [0, 0.05) is 5.69 Å². The number of aliphatic hydroxyl groups excluding tert-OH is 4. The van der Waals surface area contributed by atoms with Crippen molar-refractivity contribution in [2.24, 2.45) is 0 Å². The van der Waals surface area contributed by atoms with Gasteiger partial charge in [-0.25, -0.2) is 4.79 Å². The van der Waals surface area contributed by atoms with Crippen LogP contribution in [0.2, 0.25) is 0 Å². The molecule has 0 aromatic heterocycles. The quantitative estimate of drug-likeness (QED) is 0.407. The molecule has 0 aliphatic carbocycles. The molecule has 6 N–H and O–H groups in total. The fourth-order valence-electron chi connectivity index (χ4n) is 2.09. The van der Waals surface area contributed by atoms with E-state index in [0.29, 0.717) is 5.69 Å². The Morgan fingerprint density at radius 1 is 1.14 bits per heavy atom. The van der Waals surface area contributed by atoms with E-state index in [-0.39, 0.29) is 0 Å². The van der Waals surface area contributed by atoms with Crippen molar-refractivity contribution in [1.82, 2.24) is 5.32 Å². The molecule has 2 rings (SSSR count). The molecule has 0 bridgehead atoms. The summed E-state index contributed by atoms with van der Waals surface area (Å²) in [6.07, 6.45) is -5.53. The molecule has 21 heavy (non-hydrogen) atoms. The summed E-state index contributed by atoms with van der Waals surface area (Å²) in [5.41, 5.74) is 0.532. The number of anilines is 1. The molecule has 1 aliphatic rings. The molecule has 2 amide bonds. The average molecular weight is 298 g/mol. The van der Waals surface area contributed by atoms with Gasteiger partial charge in [0.2, 0.25) is 0 Å². The fraction of sp³-hybridized carbons (Fsp3) is 0.462. The molecule has 1 saturated heterocycles. The van der Waals surface area contributed by atoms with Crippen LogP contribution in [-0.4, -0.2) is 63.7 Å². The van der Waals surface area contributed by atoms with Gasteiger partial charge in [-0.3, -0.25) is 0 Å². The number of rotatable bonds is 3. The second-order valence-electron chi connectivity index (χ2n) is 4.72. The maximum Gasteiger partial charge on any atom is 0.319 e. The first kappa shape index (κ1) is 15.7. The first-order chi connectivity index (χ1) is 10.0. The van der Waals surface area contributed by atoms with E-state index in [9.17, 15) is 20.1 Å². The summed E-state index contributed by atoms with van der Waals surface area (Å²) >= 11 is 0. The average Bonchev–Trinajstić information content (AvgIpc) is 2.48. The summed E-state index contributed by atoms with van der Waals surface area (Å²) < 4.78 is 4.93. The van der Waals surface area contributed by atoms with Gasteiger partial charge in [0.1, 0.15) is 24.4 Å². The normalized spacial score (nSPS) is 32.5. The van der Waals surface area contributed by atoms with E-state index in [2.05, 4.69) is 10.6 Å². The van der Waals surface area contributed by atoms with Crippen LogP contribution in [0.1, 0.15) is 0 Å². The molecule has 0 radical (unpaired) electrons. The van der Waals surface area contributed by atoms with Gasteiger partial charge in [0.25, 0.3) is 0 Å². The van der Waals surface area contributed by atoms with Crippen LogP contribution in [0.4, 0.5) is 10.5 Å². The summed E-state index contributed by atoms with van der Waals surface area (Å²) in [6.45, 7) is -0.557. The first-order valence-corrected chi connectivity index (χ1v) is 6.46. The Morgan fingerprint density at radius 3 is 2.43 bits per heavy atom. The number of benzene rings is 1. The van der Waals surface area contributed by atoms with Crippen LogP contribution in [0.25, 0.3) is 0 Å². The molecule has 116 valence electrons. The molecule has 0 saturated carbocycles. The Kier molecular flexibility index (Phi) is 5.10. The van der Waals surface area contributed by atoms with Gasteiger partial charge < -0.3 is 35.8 Å². The topological polar surface area (TPSA) is 131 Å². The first-order valence-electron chi connectivity index (χ1n) is 6.46. The van der Waals surface area contributed by atoms with Crippen molar-refractivity contribution >= 4 is 11.7 Å². The lowest BCUT2D eigenvalue weighted by atomic mass is 9.97. The minimum absolute atomic E-state index is 0.532. The van der Waals surface area contributed by atoms with Crippen molar-refractivity contribution in [3.05, 3.63) is 30.3 Å². The van der Waals surface area contributed by atoms with E-state index in [0.717, 1.165) is 0 Å². The zero-order valence-corrected chi connectivity index (χ0v) is 11.1. The number of carbonyl (C=O) groups is 1. The Labute approximate surface area is 121 Å². The third-order valence-electron chi connectivity index (χ3n) is 3.23. The number of carbonyl (C=O) groups excluding carboxylic acids is 1. The van der Waals surface area contributed by atoms with Crippen molar-refractivity contribution in [2.45, 2.75) is 30.6 Å². The highest BCUT2D eigenvalue weighted by Gasteiger charge is 2.44. The Balaban J connectivity index is 1.96. The van der Waals surface area contributed by atoms with Crippen molar-refractivity contribution in [3.8, 4) is 0 Å². The number of ether oxygens (including phenoxy) is 1. The third kappa shape index (κ3) is 3.69. The minimum atomic E-state index is -1.54. The molecule has 5 atom stereocenters. The van der Waals surface area contributed by atoms with Crippen LogP contribution >= 0.6 is 0 Å². The summed E-state index contributed by atoms with van der Waals surface area (Å²) in [4.78, 5) is 11.8. The maximum atomic E-state index is 11.8. The minimum Gasteiger partial charge on any atom is -0.394 e. The van der Waals surface area contributed by atoms with Gasteiger partial charge in [-0.15, -0.1) is 0 Å². The highest BCUT2D eigenvalue weighted by Crippen LogP contribution is 2.19.